The Kier molecular flexibility index (Phi) is 2.85. The lowest BCUT2D eigenvalue weighted by Gasteiger charge is -2.06. The molecule has 2 heterocycles. The molecule has 0 aliphatic rings. The molecule has 84 valence electrons. The van der Waals surface area contributed by atoms with E-state index in [1.807, 2.05) is 37.7 Å². The summed E-state index contributed by atoms with van der Waals surface area (Å²) in [5.41, 5.74) is 1.89. The van der Waals surface area contributed by atoms with E-state index >= 15 is 0 Å². The smallest absolute Gasteiger partial charge is 0.180 e. The second kappa shape index (κ2) is 4.30. The molecule has 5 heteroatoms. The van der Waals surface area contributed by atoms with E-state index in [1.165, 1.54) is 0 Å². The largest absolute Gasteiger partial charge is 0.373 e. The van der Waals surface area contributed by atoms with E-state index in [0.717, 1.165) is 23.8 Å². The van der Waals surface area contributed by atoms with Gasteiger partial charge in [-0.25, -0.2) is 9.97 Å². The summed E-state index contributed by atoms with van der Waals surface area (Å²) in [6.45, 7) is 4.82. The lowest BCUT2D eigenvalue weighted by atomic mass is 10.3. The van der Waals surface area contributed by atoms with Crippen LogP contribution in [0.1, 0.15) is 12.6 Å². The molecule has 0 radical (unpaired) electrons. The molecule has 0 unspecified atom stereocenters. The van der Waals surface area contributed by atoms with Crippen molar-refractivity contribution in [2.45, 2.75) is 20.4 Å². The number of nitrogens with zero attached hydrogens (tertiary/aromatic N) is 4. The van der Waals surface area contributed by atoms with Gasteiger partial charge in [-0.15, -0.1) is 0 Å². The monoisotopic (exact) mass is 217 g/mol. The van der Waals surface area contributed by atoms with Gasteiger partial charge in [-0.2, -0.15) is 5.10 Å². The highest BCUT2D eigenvalue weighted by molar-refractivity contribution is 5.53. The highest BCUT2D eigenvalue weighted by Gasteiger charge is 2.08. The first kappa shape index (κ1) is 10.6. The minimum atomic E-state index is 0.712. The number of rotatable bonds is 3. The summed E-state index contributed by atoms with van der Waals surface area (Å²) >= 11 is 0. The lowest BCUT2D eigenvalue weighted by molar-refractivity contribution is 0.663. The first-order chi connectivity index (χ1) is 7.74. The van der Waals surface area contributed by atoms with Crippen molar-refractivity contribution in [3.8, 4) is 11.5 Å². The molecule has 0 fully saturated rings. The van der Waals surface area contributed by atoms with Crippen molar-refractivity contribution in [3.63, 3.8) is 0 Å². The Hall–Kier alpha value is -1.91. The zero-order chi connectivity index (χ0) is 11.5. The highest BCUT2D eigenvalue weighted by Crippen LogP contribution is 2.17. The Morgan fingerprint density at radius 3 is 2.88 bits per heavy atom. The molecular weight excluding hydrogens is 202 g/mol. The van der Waals surface area contributed by atoms with Crippen LogP contribution in [0.2, 0.25) is 0 Å². The molecule has 16 heavy (non-hydrogen) atoms. The number of nitrogens with one attached hydrogen (secondary N) is 1. The van der Waals surface area contributed by atoms with Crippen LogP contribution in [-0.4, -0.2) is 26.8 Å². The summed E-state index contributed by atoms with van der Waals surface area (Å²) < 4.78 is 1.88. The lowest BCUT2D eigenvalue weighted by Crippen LogP contribution is -2.04. The maximum absolute atomic E-state index is 4.42. The first-order valence-corrected chi connectivity index (χ1v) is 5.30. The summed E-state index contributed by atoms with van der Waals surface area (Å²) in [6.07, 6.45) is 1.77. The molecule has 2 rings (SSSR count). The van der Waals surface area contributed by atoms with Gasteiger partial charge in [-0.05, 0) is 19.9 Å². The molecule has 2 aromatic heterocycles. The van der Waals surface area contributed by atoms with Gasteiger partial charge in [-0.1, -0.05) is 0 Å². The number of anilines is 1. The fraction of sp³-hybridized carbons (Fsp3) is 0.364. The Balaban J connectivity index is 2.51. The third kappa shape index (κ3) is 1.88. The van der Waals surface area contributed by atoms with Crippen molar-refractivity contribution in [1.82, 2.24) is 19.7 Å². The molecule has 0 atom stereocenters. The standard InChI is InChI=1S/C11H15N5/c1-4-16-9(5-6-13-16)11-14-8(2)7-10(12-3)15-11/h5-7H,4H2,1-3H3,(H,12,14,15). The van der Waals surface area contributed by atoms with Crippen LogP contribution in [-0.2, 0) is 6.54 Å². The molecule has 0 saturated carbocycles. The third-order valence-electron chi connectivity index (χ3n) is 2.36. The van der Waals surface area contributed by atoms with Crippen LogP contribution in [0.5, 0.6) is 0 Å². The van der Waals surface area contributed by atoms with E-state index in [-0.39, 0.29) is 0 Å². The minimum absolute atomic E-state index is 0.712. The van der Waals surface area contributed by atoms with Gasteiger partial charge < -0.3 is 5.32 Å². The maximum atomic E-state index is 4.42. The van der Waals surface area contributed by atoms with Crippen LogP contribution in [0.15, 0.2) is 18.3 Å². The van der Waals surface area contributed by atoms with Gasteiger partial charge in [0.15, 0.2) is 5.82 Å². The molecule has 0 amide bonds. The van der Waals surface area contributed by atoms with E-state index < -0.39 is 0 Å². The second-order valence-corrected chi connectivity index (χ2v) is 3.50. The van der Waals surface area contributed by atoms with Gasteiger partial charge in [0.1, 0.15) is 11.5 Å². The van der Waals surface area contributed by atoms with Crippen LogP contribution in [0, 0.1) is 6.92 Å². The number of hydrogen-bond acceptors (Lipinski definition) is 4. The molecule has 2 aromatic rings. The highest BCUT2D eigenvalue weighted by atomic mass is 15.3. The van der Waals surface area contributed by atoms with Crippen molar-refractivity contribution >= 4 is 5.82 Å². The predicted molar refractivity (Wildman–Crippen MR) is 63.2 cm³/mol. The van der Waals surface area contributed by atoms with E-state index in [9.17, 15) is 0 Å². The fourth-order valence-corrected chi connectivity index (χ4v) is 1.59. The molecular formula is C11H15N5. The van der Waals surface area contributed by atoms with Crippen LogP contribution in [0.3, 0.4) is 0 Å². The van der Waals surface area contributed by atoms with E-state index in [1.54, 1.807) is 6.20 Å². The maximum Gasteiger partial charge on any atom is 0.180 e. The second-order valence-electron chi connectivity index (χ2n) is 3.50. The van der Waals surface area contributed by atoms with Crippen LogP contribution in [0.4, 0.5) is 5.82 Å². The zero-order valence-corrected chi connectivity index (χ0v) is 9.73. The average molecular weight is 217 g/mol. The third-order valence-corrected chi connectivity index (χ3v) is 2.36. The molecule has 1 N–H and O–H groups in total. The molecule has 0 saturated heterocycles. The number of hydrogen-bond donors (Lipinski definition) is 1. The van der Waals surface area contributed by atoms with Crippen molar-refractivity contribution in [1.29, 1.82) is 0 Å². The molecule has 0 spiro atoms. The van der Waals surface area contributed by atoms with Gasteiger partial charge in [0, 0.05) is 31.5 Å². The Morgan fingerprint density at radius 1 is 1.38 bits per heavy atom. The SMILES string of the molecule is CCn1nccc1-c1nc(C)cc(NC)n1. The molecule has 5 nitrogen and oxygen atoms in total. The van der Waals surface area contributed by atoms with Gasteiger partial charge in [-0.3, -0.25) is 4.68 Å². The molecule has 0 bridgehead atoms. The summed E-state index contributed by atoms with van der Waals surface area (Å²) in [7, 11) is 1.85. The van der Waals surface area contributed by atoms with E-state index in [4.69, 9.17) is 0 Å². The van der Waals surface area contributed by atoms with Crippen molar-refractivity contribution in [2.24, 2.45) is 0 Å². The van der Waals surface area contributed by atoms with E-state index in [2.05, 4.69) is 20.4 Å². The Labute approximate surface area is 94.5 Å². The summed E-state index contributed by atoms with van der Waals surface area (Å²) in [6, 6.07) is 3.84. The van der Waals surface area contributed by atoms with Crippen LogP contribution in [0.25, 0.3) is 11.5 Å². The van der Waals surface area contributed by atoms with Crippen LogP contribution < -0.4 is 5.32 Å². The molecule has 0 aliphatic carbocycles. The average Bonchev–Trinajstić information content (AvgIpc) is 2.76. The first-order valence-electron chi connectivity index (χ1n) is 5.30. The van der Waals surface area contributed by atoms with Crippen LogP contribution >= 0.6 is 0 Å². The summed E-state index contributed by atoms with van der Waals surface area (Å²) in [5, 5.41) is 7.24. The van der Waals surface area contributed by atoms with Gasteiger partial charge >= 0.3 is 0 Å². The Morgan fingerprint density at radius 2 is 2.19 bits per heavy atom. The number of aryl methyl sites for hydroxylation is 2. The van der Waals surface area contributed by atoms with Crippen molar-refractivity contribution in [3.05, 3.63) is 24.0 Å². The molecule has 0 aromatic carbocycles. The minimum Gasteiger partial charge on any atom is -0.373 e. The summed E-state index contributed by atoms with van der Waals surface area (Å²) in [4.78, 5) is 8.84. The zero-order valence-electron chi connectivity index (χ0n) is 9.73. The normalized spacial score (nSPS) is 10.4. The van der Waals surface area contributed by atoms with E-state index in [0.29, 0.717) is 5.82 Å². The topological polar surface area (TPSA) is 55.6 Å². The fourth-order valence-electron chi connectivity index (χ4n) is 1.59. The number of aromatic nitrogens is 4. The predicted octanol–water partition coefficient (Wildman–Crippen LogP) is 1.71. The quantitative estimate of drug-likeness (QED) is 0.850. The summed E-state index contributed by atoms with van der Waals surface area (Å²) in [5.74, 6) is 1.54. The van der Waals surface area contributed by atoms with Crippen molar-refractivity contribution < 1.29 is 0 Å². The van der Waals surface area contributed by atoms with Gasteiger partial charge in [0.05, 0.1) is 0 Å². The van der Waals surface area contributed by atoms with Crippen molar-refractivity contribution in [2.75, 3.05) is 12.4 Å². The van der Waals surface area contributed by atoms with Gasteiger partial charge in [0.2, 0.25) is 0 Å². The Bertz CT molecular complexity index is 489. The molecule has 0 aliphatic heterocycles. The van der Waals surface area contributed by atoms with Gasteiger partial charge in [0.25, 0.3) is 0 Å².